The van der Waals surface area contributed by atoms with Crippen LogP contribution in [-0.4, -0.2) is 47.7 Å². The normalized spacial score (nSPS) is 38.7. The molecule has 4 fully saturated rings. The Morgan fingerprint density at radius 3 is 2.29 bits per heavy atom. The molecule has 0 bridgehead atoms. The number of aliphatic carboxylic acids is 1. The maximum atomic E-state index is 12.6. The van der Waals surface area contributed by atoms with Gasteiger partial charge in [-0.25, -0.2) is 0 Å². The van der Waals surface area contributed by atoms with Gasteiger partial charge in [0.05, 0.1) is 12.3 Å². The van der Waals surface area contributed by atoms with E-state index < -0.39 is 5.97 Å². The standard InChI is InChI=1S/C34H55NO7/c1-7-20(2)32(40)42-24-12-15-33(5)23(18-24)19-28(41-22(4)36)31-26-10-9-25(34(26,6)16-13-27(31)33)21(3)8-11-29(37)35-17-14-30(38)39/h20-21,23-28,31H,7-19H2,1-6H3,(H,35,37)(H,38,39). The van der Waals surface area contributed by atoms with Gasteiger partial charge in [-0.2, -0.15) is 0 Å². The van der Waals surface area contributed by atoms with E-state index in [4.69, 9.17) is 14.6 Å². The quantitative estimate of drug-likeness (QED) is 0.277. The van der Waals surface area contributed by atoms with Crippen LogP contribution in [0.25, 0.3) is 0 Å². The van der Waals surface area contributed by atoms with E-state index in [1.165, 1.54) is 6.92 Å². The number of carboxylic acid groups (broad SMARTS) is 1. The zero-order valence-electron chi connectivity index (χ0n) is 26.8. The Morgan fingerprint density at radius 2 is 1.62 bits per heavy atom. The molecule has 0 heterocycles. The number of hydrogen-bond acceptors (Lipinski definition) is 6. The molecule has 1 amide bonds. The number of carbonyl (C=O) groups is 4. The van der Waals surface area contributed by atoms with Crippen LogP contribution in [0.4, 0.5) is 0 Å². The van der Waals surface area contributed by atoms with Gasteiger partial charge in [0.2, 0.25) is 5.91 Å². The van der Waals surface area contributed by atoms with Crippen LogP contribution in [0.2, 0.25) is 0 Å². The molecular weight excluding hydrogens is 534 g/mol. The molecule has 0 radical (unpaired) electrons. The lowest BCUT2D eigenvalue weighted by Crippen LogP contribution is -2.59. The summed E-state index contributed by atoms with van der Waals surface area (Å²) in [6, 6.07) is 0. The van der Waals surface area contributed by atoms with E-state index in [1.54, 1.807) is 0 Å². The Labute approximate surface area is 252 Å². The van der Waals surface area contributed by atoms with E-state index in [2.05, 4.69) is 26.1 Å². The zero-order valence-corrected chi connectivity index (χ0v) is 26.8. The second kappa shape index (κ2) is 13.3. The van der Waals surface area contributed by atoms with Gasteiger partial charge in [0, 0.05) is 25.8 Å². The number of rotatable bonds is 11. The highest BCUT2D eigenvalue weighted by Gasteiger charge is 2.64. The number of esters is 2. The van der Waals surface area contributed by atoms with Crippen molar-refractivity contribution in [3.05, 3.63) is 0 Å². The summed E-state index contributed by atoms with van der Waals surface area (Å²) in [5.74, 6) is 1.21. The summed E-state index contributed by atoms with van der Waals surface area (Å²) in [7, 11) is 0. The Bertz CT molecular complexity index is 1010. The molecule has 0 aliphatic heterocycles. The third kappa shape index (κ3) is 6.67. The topological polar surface area (TPSA) is 119 Å². The van der Waals surface area contributed by atoms with Gasteiger partial charge in [0.15, 0.2) is 0 Å². The molecule has 4 aliphatic carbocycles. The van der Waals surface area contributed by atoms with Gasteiger partial charge in [-0.3, -0.25) is 19.2 Å². The number of amides is 1. The van der Waals surface area contributed by atoms with Crippen molar-refractivity contribution in [1.29, 1.82) is 0 Å². The first kappa shape index (κ1) is 32.8. The molecule has 0 saturated heterocycles. The largest absolute Gasteiger partial charge is 0.481 e. The van der Waals surface area contributed by atoms with Crippen molar-refractivity contribution < 1.29 is 33.8 Å². The van der Waals surface area contributed by atoms with Crippen molar-refractivity contribution in [2.75, 3.05) is 6.54 Å². The lowest BCUT2D eigenvalue weighted by Gasteiger charge is -2.62. The SMILES string of the molecule is CCC(C)C(=O)OC1CCC2(C)C(C1)CC(OC(C)=O)C1C2CCC2(C)C(C(C)CCC(=O)NCCC(=O)O)CCC12. The number of fused-ring (bicyclic) bond motifs is 5. The first-order valence-electron chi connectivity index (χ1n) is 16.7. The van der Waals surface area contributed by atoms with Crippen LogP contribution in [0.15, 0.2) is 0 Å². The molecule has 0 spiro atoms. The highest BCUT2D eigenvalue weighted by molar-refractivity contribution is 5.76. The molecular formula is C34H55NO7. The number of hydrogen-bond donors (Lipinski definition) is 2. The minimum Gasteiger partial charge on any atom is -0.481 e. The van der Waals surface area contributed by atoms with E-state index in [0.717, 1.165) is 64.2 Å². The van der Waals surface area contributed by atoms with Crippen LogP contribution in [0, 0.1) is 52.3 Å². The number of ether oxygens (including phenoxy) is 2. The summed E-state index contributed by atoms with van der Waals surface area (Å²) in [6.07, 6.45) is 9.98. The molecule has 238 valence electrons. The van der Waals surface area contributed by atoms with Gasteiger partial charge in [-0.1, -0.05) is 34.6 Å². The Kier molecular flexibility index (Phi) is 10.3. The first-order chi connectivity index (χ1) is 19.8. The summed E-state index contributed by atoms with van der Waals surface area (Å²) < 4.78 is 12.2. The molecule has 4 saturated carbocycles. The fourth-order valence-electron chi connectivity index (χ4n) is 9.98. The molecule has 11 unspecified atom stereocenters. The molecule has 4 rings (SSSR count). The van der Waals surface area contributed by atoms with Crippen LogP contribution in [0.1, 0.15) is 119 Å². The third-order valence-electron chi connectivity index (χ3n) is 12.5. The van der Waals surface area contributed by atoms with Gasteiger partial charge in [0.25, 0.3) is 0 Å². The van der Waals surface area contributed by atoms with Crippen molar-refractivity contribution in [3.63, 3.8) is 0 Å². The second-order valence-corrected chi connectivity index (χ2v) is 14.8. The summed E-state index contributed by atoms with van der Waals surface area (Å²) in [5, 5.41) is 11.6. The minimum absolute atomic E-state index is 0.0500. The van der Waals surface area contributed by atoms with E-state index in [1.807, 2.05) is 13.8 Å². The van der Waals surface area contributed by atoms with E-state index in [9.17, 15) is 19.2 Å². The average Bonchev–Trinajstić information content (AvgIpc) is 3.28. The predicted octanol–water partition coefficient (Wildman–Crippen LogP) is 6.15. The van der Waals surface area contributed by atoms with Crippen LogP contribution < -0.4 is 5.32 Å². The fraction of sp³-hybridized carbons (Fsp3) is 0.882. The van der Waals surface area contributed by atoms with Crippen LogP contribution in [0.3, 0.4) is 0 Å². The van der Waals surface area contributed by atoms with Gasteiger partial charge >= 0.3 is 17.9 Å². The lowest BCUT2D eigenvalue weighted by molar-refractivity contribution is -0.198. The smallest absolute Gasteiger partial charge is 0.308 e. The predicted molar refractivity (Wildman–Crippen MR) is 159 cm³/mol. The maximum Gasteiger partial charge on any atom is 0.308 e. The average molecular weight is 590 g/mol. The Morgan fingerprint density at radius 1 is 0.929 bits per heavy atom. The van der Waals surface area contributed by atoms with Crippen LogP contribution in [-0.2, 0) is 28.7 Å². The highest BCUT2D eigenvalue weighted by Crippen LogP contribution is 2.68. The summed E-state index contributed by atoms with van der Waals surface area (Å²) in [4.78, 5) is 48.1. The molecule has 0 aromatic rings. The number of carboxylic acids is 1. The first-order valence-corrected chi connectivity index (χ1v) is 16.7. The lowest BCUT2D eigenvalue weighted by atomic mass is 9.43. The molecule has 0 aromatic heterocycles. The zero-order chi connectivity index (χ0) is 30.8. The van der Waals surface area contributed by atoms with Crippen LogP contribution in [0.5, 0.6) is 0 Å². The van der Waals surface area contributed by atoms with Crippen molar-refractivity contribution in [3.8, 4) is 0 Å². The summed E-state index contributed by atoms with van der Waals surface area (Å²) in [5.41, 5.74) is 0.296. The van der Waals surface area contributed by atoms with Crippen molar-refractivity contribution in [1.82, 2.24) is 5.32 Å². The molecule has 0 aromatic carbocycles. The maximum absolute atomic E-state index is 12.6. The van der Waals surface area contributed by atoms with E-state index in [0.29, 0.717) is 41.9 Å². The molecule has 4 aliphatic rings. The van der Waals surface area contributed by atoms with Gasteiger partial charge in [0.1, 0.15) is 12.2 Å². The molecule has 42 heavy (non-hydrogen) atoms. The molecule has 8 heteroatoms. The minimum atomic E-state index is -0.905. The van der Waals surface area contributed by atoms with E-state index in [-0.39, 0.29) is 59.8 Å². The van der Waals surface area contributed by atoms with Gasteiger partial charge < -0.3 is 19.9 Å². The van der Waals surface area contributed by atoms with Gasteiger partial charge in [-0.05, 0) is 105 Å². The van der Waals surface area contributed by atoms with Gasteiger partial charge in [-0.15, -0.1) is 0 Å². The van der Waals surface area contributed by atoms with Crippen molar-refractivity contribution >= 4 is 23.8 Å². The number of carbonyl (C=O) groups excluding carboxylic acids is 3. The van der Waals surface area contributed by atoms with Crippen molar-refractivity contribution in [2.45, 2.75) is 131 Å². The molecule has 11 atom stereocenters. The summed E-state index contributed by atoms with van der Waals surface area (Å²) >= 11 is 0. The highest BCUT2D eigenvalue weighted by atomic mass is 16.5. The number of nitrogens with one attached hydrogen (secondary N) is 1. The van der Waals surface area contributed by atoms with Crippen LogP contribution >= 0.6 is 0 Å². The van der Waals surface area contributed by atoms with E-state index >= 15 is 0 Å². The molecule has 8 nitrogen and oxygen atoms in total. The monoisotopic (exact) mass is 589 g/mol. The Balaban J connectivity index is 1.46. The van der Waals surface area contributed by atoms with Crippen molar-refractivity contribution in [2.24, 2.45) is 52.3 Å². The fourth-order valence-corrected chi connectivity index (χ4v) is 9.98. The third-order valence-corrected chi connectivity index (χ3v) is 12.5. The Hall–Kier alpha value is -2.12. The summed E-state index contributed by atoms with van der Waals surface area (Å²) in [6.45, 7) is 12.9. The molecule has 2 N–H and O–H groups in total. The second-order valence-electron chi connectivity index (χ2n) is 14.8.